The van der Waals surface area contributed by atoms with Crippen molar-refractivity contribution in [2.24, 2.45) is 0 Å². The summed E-state index contributed by atoms with van der Waals surface area (Å²) in [5.41, 5.74) is 3.71. The highest BCUT2D eigenvalue weighted by Crippen LogP contribution is 2.30. The van der Waals surface area contributed by atoms with Gasteiger partial charge in [0.2, 0.25) is 11.9 Å². The smallest absolute Gasteiger partial charge is 0.247 e. The summed E-state index contributed by atoms with van der Waals surface area (Å²) in [7, 11) is 0. The molecule has 0 aliphatic carbocycles. The molecule has 0 atom stereocenters. The van der Waals surface area contributed by atoms with Gasteiger partial charge in [-0.2, -0.15) is 10.1 Å². The van der Waals surface area contributed by atoms with Crippen molar-refractivity contribution in [1.82, 2.24) is 20.2 Å². The molecule has 172 valence electrons. The Bertz CT molecular complexity index is 1360. The van der Waals surface area contributed by atoms with Gasteiger partial charge in [0, 0.05) is 30.0 Å². The molecule has 1 fully saturated rings. The Morgan fingerprint density at radius 1 is 1.15 bits per heavy atom. The number of rotatable bonds is 6. The van der Waals surface area contributed by atoms with Gasteiger partial charge in [-0.15, -0.1) is 0 Å². The van der Waals surface area contributed by atoms with Crippen molar-refractivity contribution in [2.45, 2.75) is 0 Å². The van der Waals surface area contributed by atoms with Crippen LogP contribution in [0, 0.1) is 5.82 Å². The molecule has 9 nitrogen and oxygen atoms in total. The predicted octanol–water partition coefficient (Wildman–Crippen LogP) is 3.86. The average Bonchev–Trinajstić information content (AvgIpc) is 3.34. The Balaban J connectivity index is 1.49. The number of carbonyl (C=O) groups excluding carboxylic acids is 1. The predicted molar refractivity (Wildman–Crippen MR) is 129 cm³/mol. The summed E-state index contributed by atoms with van der Waals surface area (Å²) in [6.45, 7) is 5.85. The number of hydrogen-bond donors (Lipinski definition) is 3. The minimum absolute atomic E-state index is 0.295. The maximum absolute atomic E-state index is 14.5. The fourth-order valence-corrected chi connectivity index (χ4v) is 3.81. The van der Waals surface area contributed by atoms with Crippen molar-refractivity contribution in [3.05, 3.63) is 67.1 Å². The summed E-state index contributed by atoms with van der Waals surface area (Å²) in [6.07, 6.45) is 2.86. The average molecular weight is 459 g/mol. The number of morpholine rings is 1. The van der Waals surface area contributed by atoms with E-state index in [0.717, 1.165) is 10.9 Å². The molecule has 3 heterocycles. The van der Waals surface area contributed by atoms with E-state index >= 15 is 0 Å². The third kappa shape index (κ3) is 4.44. The zero-order chi connectivity index (χ0) is 23.5. The van der Waals surface area contributed by atoms with E-state index in [1.54, 1.807) is 24.4 Å². The molecule has 1 amide bonds. The highest BCUT2D eigenvalue weighted by molar-refractivity contribution is 5.99. The van der Waals surface area contributed by atoms with E-state index in [4.69, 9.17) is 9.72 Å². The number of aromatic nitrogens is 4. The number of nitrogens with zero attached hydrogens (tertiary/aromatic N) is 4. The van der Waals surface area contributed by atoms with Gasteiger partial charge in [-0.25, -0.2) is 9.37 Å². The normalized spacial score (nSPS) is 13.6. The van der Waals surface area contributed by atoms with Crippen LogP contribution in [0.25, 0.3) is 22.3 Å². The lowest BCUT2D eigenvalue weighted by Gasteiger charge is -2.29. The number of anilines is 4. The summed E-state index contributed by atoms with van der Waals surface area (Å²) in [4.78, 5) is 22.9. The molecule has 1 saturated heterocycles. The number of nitrogens with one attached hydrogen (secondary N) is 3. The molecule has 4 aromatic rings. The topological polar surface area (TPSA) is 108 Å². The number of benzene rings is 2. The molecule has 0 saturated carbocycles. The number of hydrogen-bond acceptors (Lipinski definition) is 7. The number of aromatic amines is 1. The van der Waals surface area contributed by atoms with E-state index < -0.39 is 0 Å². The van der Waals surface area contributed by atoms with Crippen LogP contribution in [0.3, 0.4) is 0 Å². The maximum Gasteiger partial charge on any atom is 0.247 e. The second-order valence-electron chi connectivity index (χ2n) is 7.69. The lowest BCUT2D eigenvalue weighted by atomic mass is 10.1. The Labute approximate surface area is 194 Å². The molecule has 5 rings (SSSR count). The van der Waals surface area contributed by atoms with Gasteiger partial charge in [0.15, 0.2) is 5.65 Å². The molecule has 1 aliphatic rings. The van der Waals surface area contributed by atoms with Crippen molar-refractivity contribution < 1.29 is 13.9 Å². The van der Waals surface area contributed by atoms with Gasteiger partial charge in [-0.3, -0.25) is 9.89 Å². The van der Waals surface area contributed by atoms with Crippen LogP contribution < -0.4 is 15.5 Å². The summed E-state index contributed by atoms with van der Waals surface area (Å²) >= 11 is 0. The first-order valence-corrected chi connectivity index (χ1v) is 10.7. The number of amides is 1. The quantitative estimate of drug-likeness (QED) is 0.376. The van der Waals surface area contributed by atoms with Crippen LogP contribution >= 0.6 is 0 Å². The second kappa shape index (κ2) is 9.28. The van der Waals surface area contributed by atoms with Crippen LogP contribution in [0.1, 0.15) is 0 Å². The largest absolute Gasteiger partial charge is 0.378 e. The standard InChI is InChI=1S/C24H22FN7O2/c1-2-21(33)27-16-5-3-4-15(12-16)22-18-14-26-31-23(18)30-24(29-22)28-17-6-7-19(25)20(13-17)32-8-10-34-11-9-32/h2-7,12-14H,1,8-11H2,(H,27,33)(H2,26,28,29,30,31). The first-order chi connectivity index (χ1) is 16.6. The zero-order valence-electron chi connectivity index (χ0n) is 18.2. The molecule has 10 heteroatoms. The third-order valence-corrected chi connectivity index (χ3v) is 5.45. The van der Waals surface area contributed by atoms with Gasteiger partial charge in [0.25, 0.3) is 0 Å². The van der Waals surface area contributed by atoms with Crippen molar-refractivity contribution in [3.63, 3.8) is 0 Å². The Hall–Kier alpha value is -4.31. The van der Waals surface area contributed by atoms with Gasteiger partial charge in [-0.1, -0.05) is 18.7 Å². The van der Waals surface area contributed by atoms with Crippen molar-refractivity contribution in [1.29, 1.82) is 0 Å². The van der Waals surface area contributed by atoms with E-state index in [1.165, 1.54) is 12.1 Å². The van der Waals surface area contributed by atoms with Crippen molar-refractivity contribution >= 4 is 40.0 Å². The molecule has 34 heavy (non-hydrogen) atoms. The molecule has 1 aliphatic heterocycles. The molecule has 0 unspecified atom stereocenters. The van der Waals surface area contributed by atoms with Crippen LogP contribution in [-0.2, 0) is 9.53 Å². The Morgan fingerprint density at radius 2 is 2.00 bits per heavy atom. The molecular formula is C24H22FN7O2. The molecule has 2 aromatic heterocycles. The third-order valence-electron chi connectivity index (χ3n) is 5.45. The molecule has 0 spiro atoms. The van der Waals surface area contributed by atoms with E-state index in [2.05, 4.69) is 32.4 Å². The van der Waals surface area contributed by atoms with Crippen LogP contribution in [0.15, 0.2) is 61.3 Å². The Kier molecular flexibility index (Phi) is 5.88. The summed E-state index contributed by atoms with van der Waals surface area (Å²) in [6, 6.07) is 12.1. The number of carbonyl (C=O) groups is 1. The molecule has 2 aromatic carbocycles. The number of fused-ring (bicyclic) bond motifs is 1. The number of ether oxygens (including phenoxy) is 1. The highest BCUT2D eigenvalue weighted by atomic mass is 19.1. The van der Waals surface area contributed by atoms with E-state index in [9.17, 15) is 9.18 Å². The summed E-state index contributed by atoms with van der Waals surface area (Å²) < 4.78 is 19.9. The molecule has 3 N–H and O–H groups in total. The van der Waals surface area contributed by atoms with Crippen LogP contribution in [0.5, 0.6) is 0 Å². The fraction of sp³-hybridized carbons (Fsp3) is 0.167. The van der Waals surface area contributed by atoms with E-state index in [0.29, 0.717) is 60.7 Å². The first-order valence-electron chi connectivity index (χ1n) is 10.7. The fourth-order valence-electron chi connectivity index (χ4n) is 3.81. The van der Waals surface area contributed by atoms with Crippen LogP contribution in [0.4, 0.5) is 27.4 Å². The monoisotopic (exact) mass is 459 g/mol. The lowest BCUT2D eigenvalue weighted by molar-refractivity contribution is -0.111. The van der Waals surface area contributed by atoms with Crippen LogP contribution in [0.2, 0.25) is 0 Å². The lowest BCUT2D eigenvalue weighted by Crippen LogP contribution is -2.36. The van der Waals surface area contributed by atoms with Gasteiger partial charge in [0.1, 0.15) is 5.82 Å². The minimum Gasteiger partial charge on any atom is -0.378 e. The summed E-state index contributed by atoms with van der Waals surface area (Å²) in [5, 5.41) is 13.6. The van der Waals surface area contributed by atoms with Crippen LogP contribution in [-0.4, -0.2) is 52.4 Å². The van der Waals surface area contributed by atoms with Gasteiger partial charge < -0.3 is 20.3 Å². The summed E-state index contributed by atoms with van der Waals surface area (Å²) in [5.74, 6) is -0.272. The first kappa shape index (κ1) is 21.5. The van der Waals surface area contributed by atoms with Gasteiger partial charge in [0.05, 0.1) is 36.2 Å². The minimum atomic E-state index is -0.303. The van der Waals surface area contributed by atoms with Crippen molar-refractivity contribution in [3.8, 4) is 11.3 Å². The molecular weight excluding hydrogens is 437 g/mol. The van der Waals surface area contributed by atoms with Gasteiger partial charge >= 0.3 is 0 Å². The Morgan fingerprint density at radius 3 is 2.82 bits per heavy atom. The van der Waals surface area contributed by atoms with E-state index in [-0.39, 0.29) is 11.7 Å². The zero-order valence-corrected chi connectivity index (χ0v) is 18.2. The number of H-pyrrole nitrogens is 1. The van der Waals surface area contributed by atoms with Gasteiger partial charge in [-0.05, 0) is 36.4 Å². The van der Waals surface area contributed by atoms with E-state index in [1.807, 2.05) is 23.1 Å². The number of halogens is 1. The molecule has 0 radical (unpaired) electrons. The van der Waals surface area contributed by atoms with Crippen molar-refractivity contribution in [2.75, 3.05) is 41.8 Å². The SMILES string of the molecule is C=CC(=O)Nc1cccc(-c2nc(Nc3ccc(F)c(N4CCOCC4)c3)nc3[nH]ncc23)c1. The highest BCUT2D eigenvalue weighted by Gasteiger charge is 2.17. The second-order valence-corrected chi connectivity index (χ2v) is 7.69. The maximum atomic E-state index is 14.5. The molecule has 0 bridgehead atoms.